The van der Waals surface area contributed by atoms with Crippen LogP contribution in [0.3, 0.4) is 0 Å². The normalized spacial score (nSPS) is 24.9. The van der Waals surface area contributed by atoms with Crippen LogP contribution in [0.25, 0.3) is 0 Å². The fraction of sp³-hybridized carbons (Fsp3) is 0.281. The Balaban J connectivity index is 1.26. The molecular weight excluding hydrogens is 444 g/mol. The summed E-state index contributed by atoms with van der Waals surface area (Å²) in [5.74, 6) is 1.77. The average Bonchev–Trinajstić information content (AvgIpc) is 2.93. The van der Waals surface area contributed by atoms with Gasteiger partial charge < -0.3 is 4.90 Å². The molecule has 3 aromatic rings. The highest BCUT2D eigenvalue weighted by atomic mass is 32.2. The summed E-state index contributed by atoms with van der Waals surface area (Å²) < 4.78 is 0. The number of para-hydroxylation sites is 2. The van der Waals surface area contributed by atoms with E-state index >= 15 is 0 Å². The fourth-order valence-corrected chi connectivity index (χ4v) is 7.02. The minimum atomic E-state index is 0.113. The number of benzene rings is 3. The second-order valence-corrected chi connectivity index (χ2v) is 11.0. The van der Waals surface area contributed by atoms with Gasteiger partial charge in [0.15, 0.2) is 0 Å². The van der Waals surface area contributed by atoms with Crippen molar-refractivity contribution >= 4 is 23.1 Å². The molecule has 6 rings (SSSR count). The quantitative estimate of drug-likeness (QED) is 0.354. The molecule has 2 aliphatic carbocycles. The largest absolute Gasteiger partial charge is 0.335 e. The number of allylic oxidation sites excluding steroid dienone is 4. The molecule has 2 nitrogen and oxygen atoms in total. The number of hydrogen-bond donors (Lipinski definition) is 0. The number of nitriles is 1. The lowest BCUT2D eigenvalue weighted by atomic mass is 9.74. The van der Waals surface area contributed by atoms with Crippen molar-refractivity contribution in [1.29, 1.82) is 5.26 Å². The van der Waals surface area contributed by atoms with Crippen molar-refractivity contribution in [3.8, 4) is 6.07 Å². The lowest BCUT2D eigenvalue weighted by Gasteiger charge is -2.34. The van der Waals surface area contributed by atoms with E-state index in [1.807, 2.05) is 11.8 Å². The molecule has 174 valence electrons. The number of anilines is 2. The van der Waals surface area contributed by atoms with Gasteiger partial charge in [-0.05, 0) is 72.9 Å². The molecule has 0 fully saturated rings. The monoisotopic (exact) mass is 474 g/mol. The molecule has 0 amide bonds. The summed E-state index contributed by atoms with van der Waals surface area (Å²) in [6.45, 7) is 0.874. The molecule has 0 saturated heterocycles. The summed E-state index contributed by atoms with van der Waals surface area (Å²) in [5.41, 5.74) is 5.46. The highest BCUT2D eigenvalue weighted by Crippen LogP contribution is 2.49. The number of nitrogens with zero attached hydrogens (tertiary/aromatic N) is 2. The number of fused-ring (bicyclic) bond motifs is 2. The van der Waals surface area contributed by atoms with Crippen molar-refractivity contribution in [2.75, 3.05) is 4.90 Å². The van der Waals surface area contributed by atoms with Crippen molar-refractivity contribution in [3.05, 3.63) is 108 Å². The molecule has 0 bridgehead atoms. The van der Waals surface area contributed by atoms with Gasteiger partial charge in [0, 0.05) is 22.3 Å². The van der Waals surface area contributed by atoms with Gasteiger partial charge in [0.25, 0.3) is 0 Å². The van der Waals surface area contributed by atoms with E-state index in [4.69, 9.17) is 0 Å². The van der Waals surface area contributed by atoms with Crippen molar-refractivity contribution < 1.29 is 0 Å². The van der Waals surface area contributed by atoms with Crippen LogP contribution in [0.2, 0.25) is 0 Å². The average molecular weight is 475 g/mol. The molecule has 0 aromatic heterocycles. The van der Waals surface area contributed by atoms with Gasteiger partial charge in [-0.2, -0.15) is 5.26 Å². The van der Waals surface area contributed by atoms with Crippen LogP contribution >= 0.6 is 11.8 Å². The lowest BCUT2D eigenvalue weighted by Crippen LogP contribution is -2.22. The summed E-state index contributed by atoms with van der Waals surface area (Å²) in [4.78, 5) is 5.14. The summed E-state index contributed by atoms with van der Waals surface area (Å²) in [6, 6.07) is 29.0. The zero-order chi connectivity index (χ0) is 23.6. The Labute approximate surface area is 213 Å². The second kappa shape index (κ2) is 9.80. The highest BCUT2D eigenvalue weighted by molar-refractivity contribution is 7.99. The molecule has 3 heteroatoms. The van der Waals surface area contributed by atoms with E-state index in [9.17, 15) is 5.26 Å². The molecule has 0 radical (unpaired) electrons. The molecule has 3 aliphatic rings. The summed E-state index contributed by atoms with van der Waals surface area (Å²) in [5, 5.41) is 9.18. The highest BCUT2D eigenvalue weighted by Gasteiger charge is 2.28. The van der Waals surface area contributed by atoms with Gasteiger partial charge >= 0.3 is 0 Å². The van der Waals surface area contributed by atoms with E-state index < -0.39 is 0 Å². The van der Waals surface area contributed by atoms with Gasteiger partial charge in [-0.25, -0.2) is 0 Å². The van der Waals surface area contributed by atoms with E-state index in [2.05, 4.69) is 108 Å². The minimum absolute atomic E-state index is 0.113. The smallest absolute Gasteiger partial charge is 0.0697 e. The summed E-state index contributed by atoms with van der Waals surface area (Å²) in [7, 11) is 0. The van der Waals surface area contributed by atoms with E-state index in [0.717, 1.165) is 19.4 Å². The zero-order valence-electron chi connectivity index (χ0n) is 19.9. The Morgan fingerprint density at radius 3 is 1.97 bits per heavy atom. The van der Waals surface area contributed by atoms with Crippen LogP contribution in [0.5, 0.6) is 0 Å². The predicted molar refractivity (Wildman–Crippen MR) is 145 cm³/mol. The van der Waals surface area contributed by atoms with Gasteiger partial charge in [0.05, 0.1) is 23.4 Å². The van der Waals surface area contributed by atoms with Crippen LogP contribution in [0.4, 0.5) is 11.4 Å². The third-order valence-electron chi connectivity index (χ3n) is 7.83. The molecule has 1 heterocycles. The molecule has 0 spiro atoms. The Bertz CT molecular complexity index is 1270. The van der Waals surface area contributed by atoms with Crippen LogP contribution in [-0.2, 0) is 6.54 Å². The topological polar surface area (TPSA) is 27.0 Å². The van der Waals surface area contributed by atoms with Crippen LogP contribution in [0.15, 0.2) is 107 Å². The summed E-state index contributed by atoms with van der Waals surface area (Å²) in [6.07, 6.45) is 13.9. The maximum atomic E-state index is 9.18. The first-order chi connectivity index (χ1) is 17.3. The molecule has 35 heavy (non-hydrogen) atoms. The van der Waals surface area contributed by atoms with E-state index in [0.29, 0.717) is 17.8 Å². The third-order valence-corrected chi connectivity index (χ3v) is 8.96. The fourth-order valence-electron chi connectivity index (χ4n) is 5.92. The first kappa shape index (κ1) is 22.3. The molecule has 4 atom stereocenters. The van der Waals surface area contributed by atoms with Gasteiger partial charge in [-0.15, -0.1) is 0 Å². The third kappa shape index (κ3) is 4.44. The van der Waals surface area contributed by atoms with E-state index in [1.165, 1.54) is 45.1 Å². The van der Waals surface area contributed by atoms with Crippen LogP contribution in [0, 0.1) is 29.1 Å². The maximum absolute atomic E-state index is 9.18. The number of hydrogen-bond acceptors (Lipinski definition) is 3. The zero-order valence-corrected chi connectivity index (χ0v) is 20.7. The van der Waals surface area contributed by atoms with Gasteiger partial charge in [0.2, 0.25) is 0 Å². The van der Waals surface area contributed by atoms with E-state index in [1.54, 1.807) is 0 Å². The van der Waals surface area contributed by atoms with Gasteiger partial charge in [-0.1, -0.05) is 84.6 Å². The molecule has 4 unspecified atom stereocenters. The Hall–Kier alpha value is -3.22. The Morgan fingerprint density at radius 2 is 1.34 bits per heavy atom. The molecule has 0 N–H and O–H groups in total. The van der Waals surface area contributed by atoms with E-state index in [-0.39, 0.29) is 5.92 Å². The minimum Gasteiger partial charge on any atom is -0.335 e. The molecule has 0 saturated carbocycles. The SMILES string of the molecule is N#CC1C=CC(C2C=CC(c3ccccc3CN3c4ccccc4Sc4ccccc43)CC2)CC1. The van der Waals surface area contributed by atoms with Crippen molar-refractivity contribution in [3.63, 3.8) is 0 Å². The van der Waals surface area contributed by atoms with Crippen LogP contribution in [0.1, 0.15) is 42.7 Å². The van der Waals surface area contributed by atoms with Gasteiger partial charge in [-0.3, -0.25) is 0 Å². The number of rotatable bonds is 4. The molecule has 1 aliphatic heterocycles. The molecular formula is C32H30N2S. The van der Waals surface area contributed by atoms with Crippen molar-refractivity contribution in [1.82, 2.24) is 0 Å². The van der Waals surface area contributed by atoms with Crippen LogP contribution < -0.4 is 4.90 Å². The van der Waals surface area contributed by atoms with Crippen LogP contribution in [-0.4, -0.2) is 0 Å². The maximum Gasteiger partial charge on any atom is 0.0697 e. The Kier molecular flexibility index (Phi) is 6.23. The Morgan fingerprint density at radius 1 is 0.714 bits per heavy atom. The van der Waals surface area contributed by atoms with Gasteiger partial charge in [0.1, 0.15) is 0 Å². The first-order valence-electron chi connectivity index (χ1n) is 12.8. The standard InChI is InChI=1S/C32H30N2S/c33-21-23-13-15-24(16-14-23)25-17-19-26(20-18-25)28-8-2-1-7-27(28)22-34-29-9-3-5-11-31(29)35-32-12-6-4-10-30(32)34/h1-13,15,17,19,23-26H,14,16,18,20,22H2. The second-order valence-electron chi connectivity index (χ2n) is 9.92. The van der Waals surface area contributed by atoms with Crippen molar-refractivity contribution in [2.24, 2.45) is 17.8 Å². The van der Waals surface area contributed by atoms with Crippen molar-refractivity contribution in [2.45, 2.75) is 47.9 Å². The predicted octanol–water partition coefficient (Wildman–Crippen LogP) is 8.65. The molecule has 3 aromatic carbocycles. The summed E-state index contributed by atoms with van der Waals surface area (Å²) >= 11 is 1.87. The lowest BCUT2D eigenvalue weighted by molar-refractivity contribution is 0.361. The first-order valence-corrected chi connectivity index (χ1v) is 13.6.